The van der Waals surface area contributed by atoms with Crippen LogP contribution in [-0.4, -0.2) is 52.6 Å². The molecule has 1 N–H and O–H groups in total. The van der Waals surface area contributed by atoms with Gasteiger partial charge in [0.1, 0.15) is 0 Å². The molecule has 0 aromatic carbocycles. The van der Waals surface area contributed by atoms with Gasteiger partial charge in [0.2, 0.25) is 0 Å². The SMILES string of the molecule is CNC(c1ccnnc1)c1c(Cl)cnn1CCN(C)C. The van der Waals surface area contributed by atoms with E-state index in [9.17, 15) is 0 Å². The van der Waals surface area contributed by atoms with Crippen molar-refractivity contribution in [3.63, 3.8) is 0 Å². The van der Waals surface area contributed by atoms with Crippen molar-refractivity contribution >= 4 is 11.6 Å². The highest BCUT2D eigenvalue weighted by Crippen LogP contribution is 2.27. The lowest BCUT2D eigenvalue weighted by molar-refractivity contribution is 0.366. The molecule has 7 heteroatoms. The largest absolute Gasteiger partial charge is 0.308 e. The van der Waals surface area contributed by atoms with Gasteiger partial charge in [0.15, 0.2) is 0 Å². The number of hydrogen-bond acceptors (Lipinski definition) is 5. The molecule has 0 amide bonds. The second-order valence-electron chi connectivity index (χ2n) is 4.80. The molecule has 0 aliphatic heterocycles. The first-order chi connectivity index (χ1) is 9.63. The first kappa shape index (κ1) is 14.9. The van der Waals surface area contributed by atoms with Gasteiger partial charge in [0, 0.05) is 12.7 Å². The fourth-order valence-electron chi connectivity index (χ4n) is 2.06. The van der Waals surface area contributed by atoms with E-state index < -0.39 is 0 Å². The lowest BCUT2D eigenvalue weighted by Crippen LogP contribution is -2.25. The zero-order valence-electron chi connectivity index (χ0n) is 11.9. The summed E-state index contributed by atoms with van der Waals surface area (Å²) in [5, 5.41) is 16.0. The third-order valence-electron chi connectivity index (χ3n) is 3.09. The van der Waals surface area contributed by atoms with Gasteiger partial charge < -0.3 is 10.2 Å². The zero-order valence-corrected chi connectivity index (χ0v) is 12.7. The Labute approximate surface area is 123 Å². The third kappa shape index (κ3) is 3.33. The summed E-state index contributed by atoms with van der Waals surface area (Å²) < 4.78 is 1.93. The zero-order chi connectivity index (χ0) is 14.5. The van der Waals surface area contributed by atoms with Crippen LogP contribution in [0.15, 0.2) is 24.7 Å². The quantitative estimate of drug-likeness (QED) is 0.867. The predicted octanol–water partition coefficient (Wildman–Crippen LogP) is 1.20. The summed E-state index contributed by atoms with van der Waals surface area (Å²) in [6.45, 7) is 1.68. The maximum atomic E-state index is 6.31. The summed E-state index contributed by atoms with van der Waals surface area (Å²) in [5.74, 6) is 0. The average molecular weight is 295 g/mol. The predicted molar refractivity (Wildman–Crippen MR) is 78.7 cm³/mol. The van der Waals surface area contributed by atoms with Gasteiger partial charge in [-0.1, -0.05) is 11.6 Å². The average Bonchev–Trinajstić information content (AvgIpc) is 2.80. The molecule has 2 heterocycles. The maximum Gasteiger partial charge on any atom is 0.0837 e. The second kappa shape index (κ2) is 6.78. The Morgan fingerprint density at radius 1 is 1.35 bits per heavy atom. The Bertz CT molecular complexity index is 539. The number of halogens is 1. The molecule has 0 spiro atoms. The molecule has 2 aromatic rings. The molecule has 0 bridgehead atoms. The van der Waals surface area contributed by atoms with Crippen molar-refractivity contribution in [2.75, 3.05) is 27.7 Å². The minimum absolute atomic E-state index is 0.0531. The number of nitrogens with zero attached hydrogens (tertiary/aromatic N) is 5. The molecule has 0 fully saturated rings. The van der Waals surface area contributed by atoms with Crippen LogP contribution in [0, 0.1) is 0 Å². The number of nitrogens with one attached hydrogen (secondary N) is 1. The first-order valence-corrected chi connectivity index (χ1v) is 6.81. The molecule has 0 radical (unpaired) electrons. The van der Waals surface area contributed by atoms with E-state index in [1.165, 1.54) is 0 Å². The molecule has 108 valence electrons. The Balaban J connectivity index is 2.32. The van der Waals surface area contributed by atoms with Gasteiger partial charge in [-0.05, 0) is 32.8 Å². The molecule has 6 nitrogen and oxygen atoms in total. The molecule has 1 atom stereocenters. The van der Waals surface area contributed by atoms with Gasteiger partial charge in [0.25, 0.3) is 0 Å². The van der Waals surface area contributed by atoms with Crippen LogP contribution in [0.4, 0.5) is 0 Å². The van der Waals surface area contributed by atoms with Crippen LogP contribution in [-0.2, 0) is 6.54 Å². The minimum Gasteiger partial charge on any atom is -0.308 e. The fourth-order valence-corrected chi connectivity index (χ4v) is 2.32. The standard InChI is InChI=1S/C13H19ClN6/c1-15-12(10-4-5-16-17-8-10)13-11(14)9-18-20(13)7-6-19(2)3/h4-5,8-9,12,15H,6-7H2,1-3H3. The van der Waals surface area contributed by atoms with Gasteiger partial charge in [-0.15, -0.1) is 0 Å². The molecule has 0 aliphatic carbocycles. The van der Waals surface area contributed by atoms with Crippen molar-refractivity contribution in [1.82, 2.24) is 30.2 Å². The number of likely N-dealkylation sites (N-methyl/N-ethyl adjacent to an activating group) is 1. The van der Waals surface area contributed by atoms with Crippen LogP contribution >= 0.6 is 11.6 Å². The van der Waals surface area contributed by atoms with Crippen LogP contribution in [0.5, 0.6) is 0 Å². The van der Waals surface area contributed by atoms with Crippen molar-refractivity contribution in [1.29, 1.82) is 0 Å². The maximum absolute atomic E-state index is 6.31. The Hall–Kier alpha value is -1.50. The van der Waals surface area contributed by atoms with Gasteiger partial charge in [-0.3, -0.25) is 4.68 Å². The van der Waals surface area contributed by atoms with Crippen LogP contribution < -0.4 is 5.32 Å². The van der Waals surface area contributed by atoms with Crippen LogP contribution in [0.2, 0.25) is 5.02 Å². The van der Waals surface area contributed by atoms with E-state index in [1.807, 2.05) is 31.9 Å². The topological polar surface area (TPSA) is 58.9 Å². The van der Waals surface area contributed by atoms with Crippen molar-refractivity contribution < 1.29 is 0 Å². The lowest BCUT2D eigenvalue weighted by atomic mass is 10.1. The van der Waals surface area contributed by atoms with Crippen molar-refractivity contribution in [3.8, 4) is 0 Å². The summed E-state index contributed by atoms with van der Waals surface area (Å²) in [6, 6.07) is 1.87. The molecule has 20 heavy (non-hydrogen) atoms. The summed E-state index contributed by atoms with van der Waals surface area (Å²) in [6.07, 6.45) is 5.10. The molecule has 0 saturated carbocycles. The van der Waals surface area contributed by atoms with E-state index in [1.54, 1.807) is 18.6 Å². The second-order valence-corrected chi connectivity index (χ2v) is 5.21. The number of aromatic nitrogens is 4. The summed E-state index contributed by atoms with van der Waals surface area (Å²) in [5.41, 5.74) is 1.96. The summed E-state index contributed by atoms with van der Waals surface area (Å²) >= 11 is 6.31. The van der Waals surface area contributed by atoms with E-state index in [0.717, 1.165) is 24.3 Å². The summed E-state index contributed by atoms with van der Waals surface area (Å²) in [7, 11) is 5.96. The molecule has 2 rings (SSSR count). The fraction of sp³-hybridized carbons (Fsp3) is 0.462. The number of rotatable bonds is 6. The van der Waals surface area contributed by atoms with E-state index in [2.05, 4.69) is 25.5 Å². The molecule has 0 aliphatic rings. The van der Waals surface area contributed by atoms with Crippen molar-refractivity contribution in [2.24, 2.45) is 0 Å². The number of hydrogen-bond donors (Lipinski definition) is 1. The highest BCUT2D eigenvalue weighted by molar-refractivity contribution is 6.31. The van der Waals surface area contributed by atoms with Crippen LogP contribution in [0.1, 0.15) is 17.3 Å². The monoisotopic (exact) mass is 294 g/mol. The molecular formula is C13H19ClN6. The Kier molecular flexibility index (Phi) is 5.05. The summed E-state index contributed by atoms with van der Waals surface area (Å²) in [4.78, 5) is 2.11. The van der Waals surface area contributed by atoms with E-state index >= 15 is 0 Å². The van der Waals surface area contributed by atoms with Crippen LogP contribution in [0.3, 0.4) is 0 Å². The van der Waals surface area contributed by atoms with Gasteiger partial charge in [-0.2, -0.15) is 15.3 Å². The van der Waals surface area contributed by atoms with Crippen molar-refractivity contribution in [2.45, 2.75) is 12.6 Å². The van der Waals surface area contributed by atoms with Crippen molar-refractivity contribution in [3.05, 3.63) is 40.9 Å². The van der Waals surface area contributed by atoms with Gasteiger partial charge in [0.05, 0.1) is 35.7 Å². The highest BCUT2D eigenvalue weighted by atomic mass is 35.5. The molecule has 2 aromatic heterocycles. The lowest BCUT2D eigenvalue weighted by Gasteiger charge is -2.19. The Morgan fingerprint density at radius 3 is 2.75 bits per heavy atom. The molecular weight excluding hydrogens is 276 g/mol. The molecule has 1 unspecified atom stereocenters. The highest BCUT2D eigenvalue weighted by Gasteiger charge is 2.21. The Morgan fingerprint density at radius 2 is 2.15 bits per heavy atom. The first-order valence-electron chi connectivity index (χ1n) is 6.43. The third-order valence-corrected chi connectivity index (χ3v) is 3.39. The van der Waals surface area contributed by atoms with Crippen LogP contribution in [0.25, 0.3) is 0 Å². The van der Waals surface area contributed by atoms with E-state index in [4.69, 9.17) is 11.6 Å². The molecule has 0 saturated heterocycles. The van der Waals surface area contributed by atoms with Gasteiger partial charge >= 0.3 is 0 Å². The van der Waals surface area contributed by atoms with E-state index in [0.29, 0.717) is 5.02 Å². The van der Waals surface area contributed by atoms with E-state index in [-0.39, 0.29) is 6.04 Å². The minimum atomic E-state index is -0.0531. The van der Waals surface area contributed by atoms with Gasteiger partial charge in [-0.25, -0.2) is 0 Å². The normalized spacial score (nSPS) is 12.8. The smallest absolute Gasteiger partial charge is 0.0837 e.